The summed E-state index contributed by atoms with van der Waals surface area (Å²) >= 11 is 0. The van der Waals surface area contributed by atoms with Crippen molar-refractivity contribution < 1.29 is 8.42 Å². The number of aryl methyl sites for hydroxylation is 2. The number of anilines is 1. The Morgan fingerprint density at radius 2 is 1.58 bits per heavy atom. The molecule has 0 unspecified atom stereocenters. The molecule has 4 heteroatoms. The first-order valence-electron chi connectivity index (χ1n) is 9.67. The predicted octanol–water partition coefficient (Wildman–Crippen LogP) is 5.72. The lowest BCUT2D eigenvalue weighted by Gasteiger charge is -2.25. The first kappa shape index (κ1) is 20.5. The Kier molecular flexibility index (Phi) is 7.70. The van der Waals surface area contributed by atoms with E-state index in [1.165, 1.54) is 12.8 Å². The number of sulfonamides is 1. The fraction of sp³-hybridized carbons (Fsp3) is 0.455. The van der Waals surface area contributed by atoms with Crippen LogP contribution in [0.1, 0.15) is 57.1 Å². The molecular formula is C22H31NO2S. The van der Waals surface area contributed by atoms with E-state index in [0.717, 1.165) is 42.5 Å². The molecule has 0 aliphatic carbocycles. The van der Waals surface area contributed by atoms with E-state index in [1.807, 2.05) is 43.3 Å². The fourth-order valence-electron chi connectivity index (χ4n) is 3.02. The Balaban J connectivity index is 2.30. The largest absolute Gasteiger partial charge is 0.266 e. The lowest BCUT2D eigenvalue weighted by Crippen LogP contribution is -2.32. The minimum Gasteiger partial charge on any atom is -0.266 e. The smallest absolute Gasteiger partial charge is 0.264 e. The monoisotopic (exact) mass is 373 g/mol. The van der Waals surface area contributed by atoms with E-state index in [1.54, 1.807) is 16.4 Å². The molecular weight excluding hydrogens is 342 g/mol. The van der Waals surface area contributed by atoms with Crippen LogP contribution in [0.15, 0.2) is 53.4 Å². The molecule has 0 aliphatic heterocycles. The molecule has 0 amide bonds. The summed E-state index contributed by atoms with van der Waals surface area (Å²) in [6, 6.07) is 15.0. The van der Waals surface area contributed by atoms with Crippen molar-refractivity contribution >= 4 is 15.7 Å². The maximum Gasteiger partial charge on any atom is 0.264 e. The van der Waals surface area contributed by atoms with Gasteiger partial charge in [-0.25, -0.2) is 8.42 Å². The lowest BCUT2D eigenvalue weighted by molar-refractivity contribution is 0.583. The fourth-order valence-corrected chi connectivity index (χ4v) is 4.51. The summed E-state index contributed by atoms with van der Waals surface area (Å²) in [5.41, 5.74) is 2.97. The van der Waals surface area contributed by atoms with Crippen LogP contribution < -0.4 is 4.31 Å². The zero-order valence-corrected chi connectivity index (χ0v) is 17.1. The third-order valence-corrected chi connectivity index (χ3v) is 6.52. The average Bonchev–Trinajstić information content (AvgIpc) is 2.65. The van der Waals surface area contributed by atoms with Gasteiger partial charge >= 0.3 is 0 Å². The number of unbranched alkanes of at least 4 members (excludes halogenated alkanes) is 4. The summed E-state index contributed by atoms with van der Waals surface area (Å²) in [4.78, 5) is 0.360. The van der Waals surface area contributed by atoms with E-state index < -0.39 is 10.0 Å². The molecule has 0 saturated carbocycles. The number of rotatable bonds is 10. The van der Waals surface area contributed by atoms with Crippen LogP contribution in [0.4, 0.5) is 5.69 Å². The van der Waals surface area contributed by atoms with Crippen LogP contribution >= 0.6 is 0 Å². The predicted molar refractivity (Wildman–Crippen MR) is 110 cm³/mol. The van der Waals surface area contributed by atoms with Crippen LogP contribution in [0.3, 0.4) is 0 Å². The summed E-state index contributed by atoms with van der Waals surface area (Å²) in [7, 11) is -3.56. The second-order valence-electron chi connectivity index (χ2n) is 6.83. The van der Waals surface area contributed by atoms with Crippen molar-refractivity contribution in [1.29, 1.82) is 0 Å². The van der Waals surface area contributed by atoms with Crippen LogP contribution in [-0.2, 0) is 16.4 Å². The van der Waals surface area contributed by atoms with Crippen molar-refractivity contribution in [3.8, 4) is 0 Å². The Hall–Kier alpha value is -1.81. The van der Waals surface area contributed by atoms with E-state index in [4.69, 9.17) is 0 Å². The van der Waals surface area contributed by atoms with Crippen molar-refractivity contribution in [2.24, 2.45) is 0 Å². The van der Waals surface area contributed by atoms with Gasteiger partial charge < -0.3 is 0 Å². The van der Waals surface area contributed by atoms with Crippen molar-refractivity contribution in [2.75, 3.05) is 10.8 Å². The summed E-state index contributed by atoms with van der Waals surface area (Å²) in [6.45, 7) is 6.76. The highest BCUT2D eigenvalue weighted by Gasteiger charge is 2.24. The first-order chi connectivity index (χ1) is 12.5. The maximum absolute atomic E-state index is 13.3. The van der Waals surface area contributed by atoms with Crippen molar-refractivity contribution in [3.05, 3.63) is 59.7 Å². The molecule has 2 aromatic carbocycles. The molecule has 2 rings (SSSR count). The van der Waals surface area contributed by atoms with E-state index in [2.05, 4.69) is 13.8 Å². The van der Waals surface area contributed by atoms with Crippen molar-refractivity contribution in [3.63, 3.8) is 0 Å². The molecule has 3 nitrogen and oxygen atoms in total. The molecule has 26 heavy (non-hydrogen) atoms. The van der Waals surface area contributed by atoms with Crippen LogP contribution in [0.5, 0.6) is 0 Å². The van der Waals surface area contributed by atoms with Gasteiger partial charge in [0.25, 0.3) is 10.0 Å². The Bertz CT molecular complexity index is 782. The molecule has 0 fully saturated rings. The summed E-state index contributed by atoms with van der Waals surface area (Å²) in [6.07, 6.45) is 6.37. The minimum absolute atomic E-state index is 0.360. The van der Waals surface area contributed by atoms with Gasteiger partial charge in [0.1, 0.15) is 0 Å². The van der Waals surface area contributed by atoms with Crippen molar-refractivity contribution in [2.45, 2.75) is 64.2 Å². The Labute approximate surface area is 159 Å². The quantitative estimate of drug-likeness (QED) is 0.499. The molecule has 0 atom stereocenters. The zero-order chi connectivity index (χ0) is 19.0. The van der Waals surface area contributed by atoms with Gasteiger partial charge in [-0.2, -0.15) is 0 Å². The number of nitrogens with zero attached hydrogens (tertiary/aromatic N) is 1. The molecule has 142 valence electrons. The molecule has 2 aromatic rings. The summed E-state index contributed by atoms with van der Waals surface area (Å²) < 4.78 is 28.2. The third-order valence-electron chi connectivity index (χ3n) is 4.68. The summed E-state index contributed by atoms with van der Waals surface area (Å²) in [5, 5.41) is 0. The van der Waals surface area contributed by atoms with E-state index >= 15 is 0 Å². The SMILES string of the molecule is CCCCCCCN(c1cccc(CC)c1)S(=O)(=O)c1ccc(C)cc1. The molecule has 0 saturated heterocycles. The number of hydrogen-bond acceptors (Lipinski definition) is 2. The molecule has 0 heterocycles. The van der Waals surface area contributed by atoms with Crippen LogP contribution in [-0.4, -0.2) is 15.0 Å². The maximum atomic E-state index is 13.3. The van der Waals surface area contributed by atoms with Crippen molar-refractivity contribution in [1.82, 2.24) is 0 Å². The summed E-state index contributed by atoms with van der Waals surface area (Å²) in [5.74, 6) is 0. The number of benzene rings is 2. The highest BCUT2D eigenvalue weighted by molar-refractivity contribution is 7.92. The van der Waals surface area contributed by atoms with Gasteiger partial charge in [0.2, 0.25) is 0 Å². The molecule has 0 spiro atoms. The molecule has 0 aromatic heterocycles. The Morgan fingerprint density at radius 3 is 2.23 bits per heavy atom. The topological polar surface area (TPSA) is 37.4 Å². The molecule has 0 N–H and O–H groups in total. The van der Waals surface area contributed by atoms with Gasteiger partial charge in [0.15, 0.2) is 0 Å². The van der Waals surface area contributed by atoms with Gasteiger partial charge in [-0.05, 0) is 49.6 Å². The van der Waals surface area contributed by atoms with E-state index in [9.17, 15) is 8.42 Å². The van der Waals surface area contributed by atoms with Gasteiger partial charge in [0.05, 0.1) is 10.6 Å². The van der Waals surface area contributed by atoms with Gasteiger partial charge in [-0.1, -0.05) is 69.4 Å². The Morgan fingerprint density at radius 1 is 0.885 bits per heavy atom. The standard InChI is InChI=1S/C22H31NO2S/c1-4-6-7-8-9-17-23(21-12-10-11-20(5-2)18-21)26(24,25)22-15-13-19(3)14-16-22/h10-16,18H,4-9,17H2,1-3H3. The highest BCUT2D eigenvalue weighted by Crippen LogP contribution is 2.26. The van der Waals surface area contributed by atoms with Crippen LogP contribution in [0.2, 0.25) is 0 Å². The van der Waals surface area contributed by atoms with Gasteiger partial charge in [-0.3, -0.25) is 4.31 Å². The van der Waals surface area contributed by atoms with Crippen LogP contribution in [0, 0.1) is 6.92 Å². The minimum atomic E-state index is -3.56. The van der Waals surface area contributed by atoms with Crippen LogP contribution in [0.25, 0.3) is 0 Å². The zero-order valence-electron chi connectivity index (χ0n) is 16.2. The van der Waals surface area contributed by atoms with Gasteiger partial charge in [0, 0.05) is 6.54 Å². The number of hydrogen-bond donors (Lipinski definition) is 0. The molecule has 0 bridgehead atoms. The van der Waals surface area contributed by atoms with E-state index in [0.29, 0.717) is 11.4 Å². The van der Waals surface area contributed by atoms with Gasteiger partial charge in [-0.15, -0.1) is 0 Å². The second-order valence-corrected chi connectivity index (χ2v) is 8.69. The molecule has 0 radical (unpaired) electrons. The highest BCUT2D eigenvalue weighted by atomic mass is 32.2. The van der Waals surface area contributed by atoms with E-state index in [-0.39, 0.29) is 0 Å². The third kappa shape index (κ3) is 5.34. The molecule has 0 aliphatic rings. The normalized spacial score (nSPS) is 11.5. The average molecular weight is 374 g/mol. The lowest BCUT2D eigenvalue weighted by atomic mass is 10.1. The second kappa shape index (κ2) is 9.77. The first-order valence-corrected chi connectivity index (χ1v) is 11.1.